The number of rotatable bonds is 10. The smallest absolute Gasteiger partial charge is 0.115 e. The summed E-state index contributed by atoms with van der Waals surface area (Å²) in [5, 5.41) is 3.57. The van der Waals surface area contributed by atoms with Gasteiger partial charge in [0.25, 0.3) is 0 Å². The highest BCUT2D eigenvalue weighted by Crippen LogP contribution is 2.22. The monoisotopic (exact) mass is 323 g/mol. The van der Waals surface area contributed by atoms with Gasteiger partial charge in [-0.3, -0.25) is 0 Å². The van der Waals surface area contributed by atoms with Crippen molar-refractivity contribution in [3.05, 3.63) is 35.4 Å². The Balaban J connectivity index is 1.75. The van der Waals surface area contributed by atoms with Crippen molar-refractivity contribution in [2.75, 3.05) is 26.4 Å². The van der Waals surface area contributed by atoms with Gasteiger partial charge in [0.15, 0.2) is 0 Å². The Labute approximate surface area is 139 Å². The minimum absolute atomic E-state index is 0.267. The fraction of sp³-hybridized carbons (Fsp3) is 0.684. The van der Waals surface area contributed by atoms with Gasteiger partial charge in [-0.05, 0) is 37.3 Å². The maximum absolute atomic E-state index is 13.0. The molecular formula is C19H30FNO2. The molecule has 0 bridgehead atoms. The van der Waals surface area contributed by atoms with Crippen molar-refractivity contribution in [2.45, 2.75) is 57.8 Å². The molecule has 23 heavy (non-hydrogen) atoms. The second-order valence-corrected chi connectivity index (χ2v) is 6.10. The number of nitrogens with one attached hydrogen (secondary N) is 1. The van der Waals surface area contributed by atoms with Crippen LogP contribution >= 0.6 is 0 Å². The van der Waals surface area contributed by atoms with Gasteiger partial charge in [0.1, 0.15) is 6.67 Å². The van der Waals surface area contributed by atoms with Gasteiger partial charge in [0.05, 0.1) is 19.3 Å². The van der Waals surface area contributed by atoms with E-state index in [0.717, 1.165) is 50.1 Å². The molecule has 0 aliphatic heterocycles. The van der Waals surface area contributed by atoms with E-state index in [1.165, 1.54) is 12.8 Å². The number of hydrogen-bond acceptors (Lipinski definition) is 3. The summed E-state index contributed by atoms with van der Waals surface area (Å²) in [5.41, 5.74) is 1.85. The summed E-state index contributed by atoms with van der Waals surface area (Å²) < 4.78 is 24.5. The Bertz CT molecular complexity index is 441. The van der Waals surface area contributed by atoms with Crippen molar-refractivity contribution in [3.8, 4) is 0 Å². The zero-order chi connectivity index (χ0) is 16.3. The van der Waals surface area contributed by atoms with Crippen molar-refractivity contribution in [1.29, 1.82) is 0 Å². The average molecular weight is 323 g/mol. The van der Waals surface area contributed by atoms with Crippen LogP contribution in [0.15, 0.2) is 24.3 Å². The van der Waals surface area contributed by atoms with Gasteiger partial charge in [0.2, 0.25) is 0 Å². The Kier molecular flexibility index (Phi) is 8.58. The summed E-state index contributed by atoms with van der Waals surface area (Å²) in [6.45, 7) is 4.67. The van der Waals surface area contributed by atoms with Crippen LogP contribution in [0.25, 0.3) is 0 Å². The summed E-state index contributed by atoms with van der Waals surface area (Å²) in [6, 6.07) is 8.12. The predicted molar refractivity (Wildman–Crippen MR) is 91.4 cm³/mol. The lowest BCUT2D eigenvalue weighted by Gasteiger charge is -2.32. The lowest BCUT2D eigenvalue weighted by molar-refractivity contribution is 0.00466. The van der Waals surface area contributed by atoms with Crippen LogP contribution < -0.4 is 5.32 Å². The average Bonchev–Trinajstić information content (AvgIpc) is 2.60. The zero-order valence-corrected chi connectivity index (χ0v) is 14.2. The van der Waals surface area contributed by atoms with Crippen LogP contribution in [-0.2, 0) is 22.6 Å². The van der Waals surface area contributed by atoms with Gasteiger partial charge < -0.3 is 14.8 Å². The van der Waals surface area contributed by atoms with Gasteiger partial charge in [-0.1, -0.05) is 37.1 Å². The topological polar surface area (TPSA) is 30.5 Å². The summed E-state index contributed by atoms with van der Waals surface area (Å²) >= 11 is 0. The van der Waals surface area contributed by atoms with Crippen molar-refractivity contribution in [2.24, 2.45) is 0 Å². The van der Waals surface area contributed by atoms with E-state index in [0.29, 0.717) is 12.6 Å². The second kappa shape index (κ2) is 10.7. The first kappa shape index (κ1) is 18.4. The van der Waals surface area contributed by atoms with Gasteiger partial charge in [0, 0.05) is 19.2 Å². The molecule has 0 radical (unpaired) electrons. The van der Waals surface area contributed by atoms with Gasteiger partial charge in [-0.15, -0.1) is 0 Å². The minimum atomic E-state index is -0.402. The third-order valence-corrected chi connectivity index (χ3v) is 4.53. The van der Waals surface area contributed by atoms with Crippen LogP contribution in [0.2, 0.25) is 0 Å². The third kappa shape index (κ3) is 6.21. The molecule has 1 saturated carbocycles. The Morgan fingerprint density at radius 1 is 1.13 bits per heavy atom. The first-order chi connectivity index (χ1) is 11.3. The molecule has 1 fully saturated rings. The first-order valence-electron chi connectivity index (χ1n) is 8.90. The molecule has 1 aromatic carbocycles. The van der Waals surface area contributed by atoms with E-state index in [9.17, 15) is 4.39 Å². The number of hydrogen-bond donors (Lipinski definition) is 1. The van der Waals surface area contributed by atoms with Gasteiger partial charge in [-0.25, -0.2) is 4.39 Å². The molecule has 1 aliphatic rings. The largest absolute Gasteiger partial charge is 0.380 e. The normalized spacial score (nSPS) is 21.5. The van der Waals surface area contributed by atoms with Crippen molar-refractivity contribution in [3.63, 3.8) is 0 Å². The molecule has 1 aromatic rings. The lowest BCUT2D eigenvalue weighted by atomic mass is 9.92. The maximum Gasteiger partial charge on any atom is 0.115 e. The molecule has 1 N–H and O–H groups in total. The van der Waals surface area contributed by atoms with Crippen LogP contribution in [-0.4, -0.2) is 38.5 Å². The van der Waals surface area contributed by atoms with Crippen molar-refractivity contribution >= 4 is 0 Å². The van der Waals surface area contributed by atoms with E-state index in [4.69, 9.17) is 9.47 Å². The third-order valence-electron chi connectivity index (χ3n) is 4.53. The van der Waals surface area contributed by atoms with Crippen LogP contribution in [0.3, 0.4) is 0 Å². The Morgan fingerprint density at radius 2 is 1.91 bits per heavy atom. The predicted octanol–water partition coefficient (Wildman–Crippen LogP) is 3.65. The Morgan fingerprint density at radius 3 is 2.70 bits per heavy atom. The number of ether oxygens (including phenoxy) is 2. The quantitative estimate of drug-likeness (QED) is 0.667. The van der Waals surface area contributed by atoms with Crippen LogP contribution in [0.1, 0.15) is 43.7 Å². The molecule has 0 heterocycles. The maximum atomic E-state index is 13.0. The molecule has 2 rings (SSSR count). The van der Waals surface area contributed by atoms with E-state index >= 15 is 0 Å². The van der Waals surface area contributed by atoms with E-state index in [-0.39, 0.29) is 6.10 Å². The standard InChI is InChI=1S/C19H30FNO2/c1-2-22-14-12-21-18-9-5-6-10-19(18)23-13-11-16-7-3-4-8-17(16)15-20/h3-4,7-8,18-19,21H,2,5-6,9-15H2,1H3/t18-,19+/m1/s1. The molecule has 3 nitrogen and oxygen atoms in total. The minimum Gasteiger partial charge on any atom is -0.380 e. The van der Waals surface area contributed by atoms with Crippen LogP contribution in [0, 0.1) is 0 Å². The summed E-state index contributed by atoms with van der Waals surface area (Å²) in [7, 11) is 0. The van der Waals surface area contributed by atoms with Crippen molar-refractivity contribution in [1.82, 2.24) is 5.32 Å². The SMILES string of the molecule is CCOCCN[C@@H]1CCCC[C@@H]1OCCc1ccccc1CF. The number of benzene rings is 1. The summed E-state index contributed by atoms with van der Waals surface area (Å²) in [4.78, 5) is 0. The highest BCUT2D eigenvalue weighted by Gasteiger charge is 2.25. The van der Waals surface area contributed by atoms with E-state index in [1.807, 2.05) is 31.2 Å². The fourth-order valence-electron chi connectivity index (χ4n) is 3.24. The van der Waals surface area contributed by atoms with E-state index in [2.05, 4.69) is 5.32 Å². The van der Waals surface area contributed by atoms with Gasteiger partial charge in [-0.2, -0.15) is 0 Å². The summed E-state index contributed by atoms with van der Waals surface area (Å²) in [5.74, 6) is 0. The molecule has 0 unspecified atom stereocenters. The van der Waals surface area contributed by atoms with Gasteiger partial charge >= 0.3 is 0 Å². The highest BCUT2D eigenvalue weighted by molar-refractivity contribution is 5.26. The summed E-state index contributed by atoms with van der Waals surface area (Å²) in [6.07, 6.45) is 5.81. The molecule has 130 valence electrons. The molecule has 0 aromatic heterocycles. The zero-order valence-electron chi connectivity index (χ0n) is 14.2. The van der Waals surface area contributed by atoms with Crippen molar-refractivity contribution < 1.29 is 13.9 Å². The first-order valence-corrected chi connectivity index (χ1v) is 8.90. The molecule has 0 amide bonds. The molecular weight excluding hydrogens is 293 g/mol. The van der Waals surface area contributed by atoms with Crippen LogP contribution in [0.4, 0.5) is 4.39 Å². The molecule has 0 spiro atoms. The molecule has 1 aliphatic carbocycles. The van der Waals surface area contributed by atoms with Crippen LogP contribution in [0.5, 0.6) is 0 Å². The lowest BCUT2D eigenvalue weighted by Crippen LogP contribution is -2.45. The molecule has 0 saturated heterocycles. The van der Waals surface area contributed by atoms with E-state index in [1.54, 1.807) is 0 Å². The fourth-order valence-corrected chi connectivity index (χ4v) is 3.24. The number of halogens is 1. The molecule has 2 atom stereocenters. The number of alkyl halides is 1. The highest BCUT2D eigenvalue weighted by atomic mass is 19.1. The van der Waals surface area contributed by atoms with E-state index < -0.39 is 6.67 Å². The molecule has 4 heteroatoms. The Hall–Kier alpha value is -0.970. The second-order valence-electron chi connectivity index (χ2n) is 6.10.